The summed E-state index contributed by atoms with van der Waals surface area (Å²) in [6.45, 7) is 4.08. The lowest BCUT2D eigenvalue weighted by Gasteiger charge is -2.09. The molecule has 8 heteroatoms. The van der Waals surface area contributed by atoms with Crippen molar-refractivity contribution < 1.29 is 0 Å². The zero-order valence-electron chi connectivity index (χ0n) is 15.9. The summed E-state index contributed by atoms with van der Waals surface area (Å²) in [6.07, 6.45) is 5.65. The number of rotatable bonds is 4. The van der Waals surface area contributed by atoms with E-state index in [4.69, 9.17) is 4.98 Å². The van der Waals surface area contributed by atoms with E-state index in [0.29, 0.717) is 5.95 Å². The molecule has 0 bridgehead atoms. The van der Waals surface area contributed by atoms with Gasteiger partial charge >= 0.3 is 0 Å². The molecule has 2 N–H and O–H groups in total. The lowest BCUT2D eigenvalue weighted by molar-refractivity contribution is 0.975. The molecule has 0 fully saturated rings. The number of halogens is 1. The van der Waals surface area contributed by atoms with Gasteiger partial charge in [-0.3, -0.25) is 0 Å². The topological polar surface area (TPSA) is 71.4 Å². The van der Waals surface area contributed by atoms with Crippen LogP contribution in [0.4, 0.5) is 11.6 Å². The third-order valence-electron chi connectivity index (χ3n) is 4.61. The summed E-state index contributed by atoms with van der Waals surface area (Å²) < 4.78 is 2.04. The predicted octanol–water partition coefficient (Wildman–Crippen LogP) is 5.65. The second-order valence-electron chi connectivity index (χ2n) is 6.64. The number of nitrogens with one attached hydrogen (secondary N) is 2. The molecule has 0 aliphatic heterocycles. The highest BCUT2D eigenvalue weighted by molar-refractivity contribution is 7.13. The third-order valence-corrected chi connectivity index (χ3v) is 5.66. The molecule has 4 heterocycles. The van der Waals surface area contributed by atoms with Crippen LogP contribution in [-0.4, -0.2) is 24.5 Å². The van der Waals surface area contributed by atoms with E-state index in [0.717, 1.165) is 38.8 Å². The lowest BCUT2D eigenvalue weighted by Crippen LogP contribution is -2.00. The molecule has 1 aromatic carbocycles. The minimum absolute atomic E-state index is 0. The van der Waals surface area contributed by atoms with E-state index < -0.39 is 0 Å². The zero-order chi connectivity index (χ0) is 19.1. The molecule has 0 aliphatic rings. The Bertz CT molecular complexity index is 1270. The summed E-state index contributed by atoms with van der Waals surface area (Å²) in [5, 5.41) is 6.49. The Labute approximate surface area is 178 Å². The summed E-state index contributed by atoms with van der Waals surface area (Å²) in [5.41, 5.74) is 5.00. The number of hydrogen-bond donors (Lipinski definition) is 2. The second-order valence-corrected chi connectivity index (χ2v) is 7.55. The summed E-state index contributed by atoms with van der Waals surface area (Å²) in [4.78, 5) is 18.0. The first-order chi connectivity index (χ1) is 13.7. The van der Waals surface area contributed by atoms with E-state index in [1.165, 1.54) is 5.56 Å². The number of imidazole rings is 1. The molecule has 0 spiro atoms. The minimum Gasteiger partial charge on any atom is -0.346 e. The van der Waals surface area contributed by atoms with Crippen LogP contribution in [0.5, 0.6) is 0 Å². The smallest absolute Gasteiger partial charge is 0.229 e. The van der Waals surface area contributed by atoms with Gasteiger partial charge in [0.05, 0.1) is 10.6 Å². The van der Waals surface area contributed by atoms with Gasteiger partial charge in [-0.15, -0.1) is 23.7 Å². The number of thiophene rings is 1. The van der Waals surface area contributed by atoms with Crippen molar-refractivity contribution in [2.75, 3.05) is 5.32 Å². The van der Waals surface area contributed by atoms with Gasteiger partial charge < -0.3 is 14.9 Å². The van der Waals surface area contributed by atoms with Gasteiger partial charge in [-0.25, -0.2) is 9.97 Å². The van der Waals surface area contributed by atoms with Crippen LogP contribution in [0.2, 0.25) is 0 Å². The van der Waals surface area contributed by atoms with Gasteiger partial charge in [-0.1, -0.05) is 0 Å². The van der Waals surface area contributed by atoms with Crippen molar-refractivity contribution in [2.45, 2.75) is 13.8 Å². The number of H-pyrrole nitrogens is 1. The standard InChI is InChI=1S/C21H18N6S.ClH/c1-13-11-18(28-12-13)19-17-7-8-23-20(17)26-21(25-19)24-15-3-5-16(6-4-15)27-10-9-22-14(27)2;/h3-12H,1-2H3,(H2,23,24,25,26);1H. The molecule has 0 radical (unpaired) electrons. The Kier molecular flexibility index (Phi) is 5.08. The fraction of sp³-hybridized carbons (Fsp3) is 0.0952. The molecule has 29 heavy (non-hydrogen) atoms. The van der Waals surface area contributed by atoms with Crippen LogP contribution in [0.3, 0.4) is 0 Å². The first-order valence-corrected chi connectivity index (χ1v) is 9.83. The highest BCUT2D eigenvalue weighted by Gasteiger charge is 2.12. The van der Waals surface area contributed by atoms with Crippen molar-refractivity contribution >= 4 is 46.4 Å². The highest BCUT2D eigenvalue weighted by Crippen LogP contribution is 2.32. The molecule has 0 saturated carbocycles. The van der Waals surface area contributed by atoms with Crippen LogP contribution in [0.1, 0.15) is 11.4 Å². The number of hydrogen-bond acceptors (Lipinski definition) is 5. The highest BCUT2D eigenvalue weighted by atomic mass is 35.5. The zero-order valence-corrected chi connectivity index (χ0v) is 17.5. The van der Waals surface area contributed by atoms with E-state index in [1.807, 2.05) is 54.2 Å². The average Bonchev–Trinajstić information content (AvgIpc) is 3.43. The number of aryl methyl sites for hydroxylation is 2. The Hall–Kier alpha value is -3.16. The summed E-state index contributed by atoms with van der Waals surface area (Å²) >= 11 is 1.70. The van der Waals surface area contributed by atoms with Gasteiger partial charge in [-0.2, -0.15) is 4.98 Å². The summed E-state index contributed by atoms with van der Waals surface area (Å²) in [5.74, 6) is 1.53. The van der Waals surface area contributed by atoms with Gasteiger partial charge in [0.15, 0.2) is 0 Å². The number of aromatic amines is 1. The largest absolute Gasteiger partial charge is 0.346 e. The Balaban J connectivity index is 0.00000205. The first kappa shape index (κ1) is 19.2. The number of aromatic nitrogens is 5. The average molecular weight is 423 g/mol. The molecule has 6 nitrogen and oxygen atoms in total. The Morgan fingerprint density at radius 2 is 1.90 bits per heavy atom. The van der Waals surface area contributed by atoms with Gasteiger partial charge in [0.25, 0.3) is 0 Å². The van der Waals surface area contributed by atoms with E-state index in [1.54, 1.807) is 17.5 Å². The van der Waals surface area contributed by atoms with E-state index in [2.05, 4.69) is 38.6 Å². The molecular formula is C21H19ClN6S. The number of fused-ring (bicyclic) bond motifs is 1. The summed E-state index contributed by atoms with van der Waals surface area (Å²) in [7, 11) is 0. The maximum absolute atomic E-state index is 4.79. The minimum atomic E-state index is 0. The third kappa shape index (κ3) is 3.62. The maximum atomic E-state index is 4.79. The van der Waals surface area contributed by atoms with Crippen LogP contribution in [0.15, 0.2) is 60.4 Å². The molecule has 0 unspecified atom stereocenters. The number of anilines is 2. The van der Waals surface area contributed by atoms with Crippen LogP contribution < -0.4 is 5.32 Å². The van der Waals surface area contributed by atoms with E-state index in [9.17, 15) is 0 Å². The SMILES string of the molecule is Cc1csc(-c2nc(Nc3ccc(-n4ccnc4C)cc3)nc3[nH]ccc23)c1.Cl. The quantitative estimate of drug-likeness (QED) is 0.392. The normalized spacial score (nSPS) is 10.8. The Morgan fingerprint density at radius 3 is 2.59 bits per heavy atom. The van der Waals surface area contributed by atoms with E-state index in [-0.39, 0.29) is 12.4 Å². The monoisotopic (exact) mass is 422 g/mol. The van der Waals surface area contributed by atoms with Crippen molar-refractivity contribution in [1.82, 2.24) is 24.5 Å². The van der Waals surface area contributed by atoms with Crippen LogP contribution >= 0.6 is 23.7 Å². The van der Waals surface area contributed by atoms with Crippen molar-refractivity contribution in [2.24, 2.45) is 0 Å². The molecule has 0 amide bonds. The van der Waals surface area contributed by atoms with Crippen molar-refractivity contribution in [3.63, 3.8) is 0 Å². The fourth-order valence-electron chi connectivity index (χ4n) is 3.23. The molecule has 0 aliphatic carbocycles. The van der Waals surface area contributed by atoms with Crippen molar-refractivity contribution in [3.05, 3.63) is 71.8 Å². The molecule has 5 aromatic rings. The molecule has 146 valence electrons. The fourth-order valence-corrected chi connectivity index (χ4v) is 4.13. The number of benzene rings is 1. The molecule has 4 aromatic heterocycles. The molecule has 0 saturated heterocycles. The van der Waals surface area contributed by atoms with Gasteiger partial charge in [-0.05, 0) is 61.2 Å². The first-order valence-electron chi connectivity index (χ1n) is 8.95. The van der Waals surface area contributed by atoms with Crippen LogP contribution in [0, 0.1) is 13.8 Å². The van der Waals surface area contributed by atoms with Crippen LogP contribution in [-0.2, 0) is 0 Å². The second kappa shape index (κ2) is 7.69. The molecular weight excluding hydrogens is 404 g/mol. The maximum Gasteiger partial charge on any atom is 0.229 e. The van der Waals surface area contributed by atoms with Crippen molar-refractivity contribution in [1.29, 1.82) is 0 Å². The Morgan fingerprint density at radius 1 is 1.07 bits per heavy atom. The summed E-state index contributed by atoms with van der Waals surface area (Å²) in [6, 6.07) is 12.3. The van der Waals surface area contributed by atoms with Gasteiger partial charge in [0, 0.05) is 35.4 Å². The van der Waals surface area contributed by atoms with Gasteiger partial charge in [0.2, 0.25) is 5.95 Å². The van der Waals surface area contributed by atoms with Crippen LogP contribution in [0.25, 0.3) is 27.3 Å². The predicted molar refractivity (Wildman–Crippen MR) is 121 cm³/mol. The van der Waals surface area contributed by atoms with Gasteiger partial charge in [0.1, 0.15) is 11.5 Å². The number of nitrogens with zero attached hydrogens (tertiary/aromatic N) is 4. The van der Waals surface area contributed by atoms with Crippen molar-refractivity contribution in [3.8, 4) is 16.3 Å². The molecule has 0 atom stereocenters. The molecule has 5 rings (SSSR count). The lowest BCUT2D eigenvalue weighted by atomic mass is 10.2. The van der Waals surface area contributed by atoms with E-state index >= 15 is 0 Å².